The maximum atomic E-state index is 12.3. The van der Waals surface area contributed by atoms with Crippen LogP contribution in [0.25, 0.3) is 11.3 Å². The smallest absolute Gasteiger partial charge is 0.264 e. The van der Waals surface area contributed by atoms with Crippen LogP contribution in [0.2, 0.25) is 0 Å². The molecular weight excluding hydrogens is 396 g/mol. The molecule has 0 atom stereocenters. The van der Waals surface area contributed by atoms with Gasteiger partial charge in [-0.15, -0.1) is 34.9 Å². The molecule has 0 radical (unpaired) electrons. The van der Waals surface area contributed by atoms with Crippen molar-refractivity contribution < 1.29 is 9.53 Å². The molecule has 1 saturated heterocycles. The van der Waals surface area contributed by atoms with E-state index in [0.717, 1.165) is 34.1 Å². The van der Waals surface area contributed by atoms with Gasteiger partial charge in [-0.25, -0.2) is 4.98 Å². The van der Waals surface area contributed by atoms with Gasteiger partial charge < -0.3 is 4.74 Å². The third-order valence-corrected chi connectivity index (χ3v) is 7.80. The van der Waals surface area contributed by atoms with E-state index in [1.54, 1.807) is 0 Å². The third-order valence-electron chi connectivity index (χ3n) is 3.97. The van der Waals surface area contributed by atoms with E-state index in [2.05, 4.69) is 16.4 Å². The molecule has 2 heterocycles. The van der Waals surface area contributed by atoms with Gasteiger partial charge in [0.2, 0.25) is 0 Å². The Kier molecular flexibility index (Phi) is 6.01. The summed E-state index contributed by atoms with van der Waals surface area (Å²) in [6.45, 7) is -0.0285. The van der Waals surface area contributed by atoms with Gasteiger partial charge in [-0.1, -0.05) is 48.5 Å². The zero-order chi connectivity index (χ0) is 18.5. The molecule has 7 heteroatoms. The summed E-state index contributed by atoms with van der Waals surface area (Å²) in [5.74, 6) is 2.88. The van der Waals surface area contributed by atoms with Crippen molar-refractivity contribution in [1.82, 2.24) is 4.98 Å². The Morgan fingerprint density at radius 2 is 1.81 bits per heavy atom. The van der Waals surface area contributed by atoms with Crippen LogP contribution in [0.5, 0.6) is 5.75 Å². The molecular formula is C20H18N2O2S3. The predicted molar refractivity (Wildman–Crippen MR) is 116 cm³/mol. The van der Waals surface area contributed by atoms with E-state index in [1.165, 1.54) is 11.3 Å². The molecule has 0 aliphatic carbocycles. The second-order valence-corrected chi connectivity index (χ2v) is 9.43. The van der Waals surface area contributed by atoms with Gasteiger partial charge >= 0.3 is 0 Å². The van der Waals surface area contributed by atoms with E-state index in [-0.39, 0.29) is 12.5 Å². The highest BCUT2D eigenvalue weighted by atomic mass is 32.2. The van der Waals surface area contributed by atoms with Crippen LogP contribution in [-0.2, 0) is 4.79 Å². The topological polar surface area (TPSA) is 51.2 Å². The summed E-state index contributed by atoms with van der Waals surface area (Å²) >= 11 is 5.26. The number of aromatic nitrogens is 1. The minimum Gasteiger partial charge on any atom is -0.483 e. The fourth-order valence-electron chi connectivity index (χ4n) is 2.72. The summed E-state index contributed by atoms with van der Waals surface area (Å²) < 4.78 is 6.20. The molecule has 1 aliphatic heterocycles. The van der Waals surface area contributed by atoms with Gasteiger partial charge in [0.15, 0.2) is 11.7 Å². The normalized spacial score (nSPS) is 14.2. The number of nitrogens with zero attached hydrogens (tertiary/aromatic N) is 1. The standard InChI is InChI=1S/C20H18N2O2S3/c23-18(22-20-21-16(13-27-20)14-6-2-1-3-7-14)12-24-17-9-5-4-8-15(17)19-25-10-11-26-19/h1-9,13,19H,10-12H2,(H,21,22,23). The number of thioether (sulfide) groups is 2. The largest absolute Gasteiger partial charge is 0.483 e. The monoisotopic (exact) mass is 414 g/mol. The second-order valence-electron chi connectivity index (χ2n) is 5.85. The molecule has 2 aromatic carbocycles. The Labute approximate surface area is 170 Å². The van der Waals surface area contributed by atoms with E-state index in [0.29, 0.717) is 9.71 Å². The molecule has 1 fully saturated rings. The quantitative estimate of drug-likeness (QED) is 0.593. The Bertz CT molecular complexity index is 908. The summed E-state index contributed by atoms with van der Waals surface area (Å²) in [5, 5.41) is 5.35. The molecule has 4 nitrogen and oxygen atoms in total. The Hall–Kier alpha value is -1.96. The lowest BCUT2D eigenvalue weighted by Crippen LogP contribution is -2.20. The fourth-order valence-corrected chi connectivity index (χ4v) is 6.36. The summed E-state index contributed by atoms with van der Waals surface area (Å²) in [6, 6.07) is 17.9. The van der Waals surface area contributed by atoms with E-state index in [1.807, 2.05) is 77.4 Å². The van der Waals surface area contributed by atoms with Crippen molar-refractivity contribution in [1.29, 1.82) is 0 Å². The Morgan fingerprint density at radius 1 is 1.07 bits per heavy atom. The molecule has 1 aromatic heterocycles. The van der Waals surface area contributed by atoms with Gasteiger partial charge in [-0.2, -0.15) is 0 Å². The number of carbonyl (C=O) groups excluding carboxylic acids is 1. The van der Waals surface area contributed by atoms with Gasteiger partial charge in [-0.05, 0) is 6.07 Å². The van der Waals surface area contributed by atoms with Crippen LogP contribution in [-0.4, -0.2) is 29.0 Å². The number of nitrogens with one attached hydrogen (secondary N) is 1. The van der Waals surface area contributed by atoms with Gasteiger partial charge in [0.05, 0.1) is 10.3 Å². The summed E-state index contributed by atoms with van der Waals surface area (Å²) in [4.78, 5) is 16.8. The summed E-state index contributed by atoms with van der Waals surface area (Å²) in [7, 11) is 0. The molecule has 27 heavy (non-hydrogen) atoms. The van der Waals surface area contributed by atoms with Crippen LogP contribution in [0.4, 0.5) is 5.13 Å². The van der Waals surface area contributed by atoms with Crippen molar-refractivity contribution >= 4 is 45.9 Å². The van der Waals surface area contributed by atoms with E-state index >= 15 is 0 Å². The highest BCUT2D eigenvalue weighted by Gasteiger charge is 2.22. The molecule has 1 N–H and O–H groups in total. The summed E-state index contributed by atoms with van der Waals surface area (Å²) in [6.07, 6.45) is 0. The maximum absolute atomic E-state index is 12.3. The number of rotatable bonds is 6. The van der Waals surface area contributed by atoms with Crippen molar-refractivity contribution in [3.05, 3.63) is 65.5 Å². The van der Waals surface area contributed by atoms with Gasteiger partial charge in [0.25, 0.3) is 5.91 Å². The first kappa shape index (κ1) is 18.4. The second kappa shape index (κ2) is 8.82. The van der Waals surface area contributed by atoms with Crippen LogP contribution < -0.4 is 10.1 Å². The number of hydrogen-bond donors (Lipinski definition) is 1. The lowest BCUT2D eigenvalue weighted by atomic mass is 10.2. The van der Waals surface area contributed by atoms with Crippen molar-refractivity contribution in [2.24, 2.45) is 0 Å². The number of ether oxygens (including phenoxy) is 1. The number of benzene rings is 2. The van der Waals surface area contributed by atoms with E-state index < -0.39 is 0 Å². The van der Waals surface area contributed by atoms with Gasteiger partial charge in [0, 0.05) is 28.0 Å². The van der Waals surface area contributed by atoms with Gasteiger partial charge in [-0.3, -0.25) is 10.1 Å². The third kappa shape index (κ3) is 4.66. The van der Waals surface area contributed by atoms with Crippen LogP contribution in [0, 0.1) is 0 Å². The maximum Gasteiger partial charge on any atom is 0.264 e. The van der Waals surface area contributed by atoms with E-state index in [9.17, 15) is 4.79 Å². The Balaban J connectivity index is 1.36. The van der Waals surface area contributed by atoms with Crippen LogP contribution in [0.15, 0.2) is 60.0 Å². The average Bonchev–Trinajstić information content (AvgIpc) is 3.40. The molecule has 138 valence electrons. The molecule has 4 rings (SSSR count). The number of anilines is 1. The molecule has 0 bridgehead atoms. The van der Waals surface area contributed by atoms with E-state index in [4.69, 9.17) is 4.74 Å². The zero-order valence-electron chi connectivity index (χ0n) is 14.5. The van der Waals surface area contributed by atoms with Crippen LogP contribution in [0.1, 0.15) is 10.1 Å². The highest BCUT2D eigenvalue weighted by Crippen LogP contribution is 2.48. The molecule has 0 saturated carbocycles. The van der Waals surface area contributed by atoms with Crippen molar-refractivity contribution in [2.75, 3.05) is 23.4 Å². The molecule has 1 amide bonds. The van der Waals surface area contributed by atoms with Crippen molar-refractivity contribution in [2.45, 2.75) is 4.58 Å². The lowest BCUT2D eigenvalue weighted by molar-refractivity contribution is -0.118. The zero-order valence-corrected chi connectivity index (χ0v) is 16.9. The lowest BCUT2D eigenvalue weighted by Gasteiger charge is -2.14. The number of para-hydroxylation sites is 1. The summed E-state index contributed by atoms with van der Waals surface area (Å²) in [5.41, 5.74) is 3.04. The SMILES string of the molecule is O=C(COc1ccccc1C1SCCS1)Nc1nc(-c2ccccc2)cs1. The number of hydrogen-bond acceptors (Lipinski definition) is 6. The molecule has 1 aliphatic rings. The van der Waals surface area contributed by atoms with Gasteiger partial charge in [0.1, 0.15) is 5.75 Å². The number of thiazole rings is 1. The van der Waals surface area contributed by atoms with Crippen LogP contribution in [0.3, 0.4) is 0 Å². The first-order chi connectivity index (χ1) is 13.3. The first-order valence-electron chi connectivity index (χ1n) is 8.55. The van der Waals surface area contributed by atoms with Crippen molar-refractivity contribution in [3.8, 4) is 17.0 Å². The first-order valence-corrected chi connectivity index (χ1v) is 11.5. The number of carbonyl (C=O) groups is 1. The molecule has 3 aromatic rings. The minimum absolute atomic E-state index is 0.0285. The molecule has 0 unspecified atom stereocenters. The Morgan fingerprint density at radius 3 is 2.63 bits per heavy atom. The number of amides is 1. The fraction of sp³-hybridized carbons (Fsp3) is 0.200. The van der Waals surface area contributed by atoms with Crippen molar-refractivity contribution in [3.63, 3.8) is 0 Å². The predicted octanol–water partition coefficient (Wildman–Crippen LogP) is 5.31. The average molecular weight is 415 g/mol. The minimum atomic E-state index is -0.203. The van der Waals surface area contributed by atoms with Crippen LogP contribution >= 0.6 is 34.9 Å². The molecule has 0 spiro atoms. The highest BCUT2D eigenvalue weighted by molar-refractivity contribution is 8.19.